The van der Waals surface area contributed by atoms with Gasteiger partial charge in [0.25, 0.3) is 0 Å². The quantitative estimate of drug-likeness (QED) is 0.747. The lowest BCUT2D eigenvalue weighted by atomic mass is 10.3. The van der Waals surface area contributed by atoms with E-state index in [0.29, 0.717) is 12.2 Å². The smallest absolute Gasteiger partial charge is 0.354 e. The molecule has 78 valence electrons. The lowest BCUT2D eigenvalue weighted by molar-refractivity contribution is 0.0690. The van der Waals surface area contributed by atoms with Gasteiger partial charge in [-0.15, -0.1) is 0 Å². The Morgan fingerprint density at radius 2 is 2.47 bits per heavy atom. The Morgan fingerprint density at radius 3 is 3.13 bits per heavy atom. The number of carbonyl (C=O) groups is 1. The van der Waals surface area contributed by atoms with Gasteiger partial charge in [0.05, 0.1) is 6.20 Å². The molecule has 2 N–H and O–H groups in total. The predicted octanol–water partition coefficient (Wildman–Crippen LogP) is 0.147. The molecule has 6 nitrogen and oxygen atoms in total. The summed E-state index contributed by atoms with van der Waals surface area (Å²) in [5.74, 6) is -1.03. The molecule has 0 amide bonds. The minimum absolute atomic E-state index is 0.0281. The molecule has 0 radical (unpaired) electrons. The maximum atomic E-state index is 10.7. The van der Waals surface area contributed by atoms with Crippen LogP contribution in [0.15, 0.2) is 18.5 Å². The van der Waals surface area contributed by atoms with Crippen LogP contribution in [-0.4, -0.2) is 32.7 Å². The van der Waals surface area contributed by atoms with Crippen LogP contribution < -0.4 is 5.32 Å². The van der Waals surface area contributed by atoms with E-state index >= 15 is 0 Å². The molecule has 0 saturated carbocycles. The highest BCUT2D eigenvalue weighted by atomic mass is 16.4. The van der Waals surface area contributed by atoms with Gasteiger partial charge in [0.1, 0.15) is 0 Å². The van der Waals surface area contributed by atoms with Crippen LogP contribution in [0.2, 0.25) is 0 Å². The molecule has 0 aliphatic rings. The van der Waals surface area contributed by atoms with Gasteiger partial charge < -0.3 is 10.4 Å². The molecule has 0 atom stereocenters. The predicted molar refractivity (Wildman–Crippen MR) is 52.7 cm³/mol. The van der Waals surface area contributed by atoms with Crippen molar-refractivity contribution >= 4 is 11.6 Å². The van der Waals surface area contributed by atoms with Crippen LogP contribution in [-0.2, 0) is 6.54 Å². The van der Waals surface area contributed by atoms with E-state index in [-0.39, 0.29) is 5.69 Å². The minimum atomic E-state index is -1.03. The van der Waals surface area contributed by atoms with Gasteiger partial charge in [-0.25, -0.2) is 14.3 Å². The normalized spacial score (nSPS) is 10.7. The molecule has 0 aliphatic heterocycles. The summed E-state index contributed by atoms with van der Waals surface area (Å²) in [6.07, 6.45) is 3.26. The van der Waals surface area contributed by atoms with Crippen molar-refractivity contribution in [3.05, 3.63) is 29.7 Å². The average molecular weight is 206 g/mol. The van der Waals surface area contributed by atoms with Crippen molar-refractivity contribution in [2.75, 3.05) is 7.05 Å². The molecule has 0 aliphatic carbocycles. The summed E-state index contributed by atoms with van der Waals surface area (Å²) >= 11 is 0. The maximum absolute atomic E-state index is 10.7. The first-order chi connectivity index (χ1) is 7.22. The van der Waals surface area contributed by atoms with E-state index < -0.39 is 5.97 Å². The van der Waals surface area contributed by atoms with Crippen molar-refractivity contribution in [1.29, 1.82) is 0 Å². The number of carboxylic acid groups (broad SMARTS) is 1. The molecule has 0 fully saturated rings. The summed E-state index contributed by atoms with van der Waals surface area (Å²) in [5, 5.41) is 15.8. The highest BCUT2D eigenvalue weighted by Crippen LogP contribution is 2.08. The zero-order chi connectivity index (χ0) is 10.8. The van der Waals surface area contributed by atoms with Crippen molar-refractivity contribution in [1.82, 2.24) is 19.9 Å². The highest BCUT2D eigenvalue weighted by molar-refractivity contribution is 5.85. The number of nitrogens with zero attached hydrogens (tertiary/aromatic N) is 3. The topological polar surface area (TPSA) is 79.5 Å². The Balaban J connectivity index is 2.56. The number of hydrogen-bond donors (Lipinski definition) is 2. The van der Waals surface area contributed by atoms with Crippen LogP contribution in [0.1, 0.15) is 16.1 Å². The first-order valence-corrected chi connectivity index (χ1v) is 4.43. The monoisotopic (exact) mass is 206 g/mol. The van der Waals surface area contributed by atoms with Crippen LogP contribution in [0.25, 0.3) is 5.65 Å². The Labute approximate surface area is 85.6 Å². The van der Waals surface area contributed by atoms with Crippen molar-refractivity contribution in [2.24, 2.45) is 0 Å². The van der Waals surface area contributed by atoms with E-state index in [4.69, 9.17) is 5.11 Å². The standard InChI is InChI=1S/C9H10N4O2/c1-10-4-6-5-11-13-3-2-7(9(14)15)12-8(6)13/h2-3,5,10H,4H2,1H3,(H,14,15). The van der Waals surface area contributed by atoms with E-state index in [9.17, 15) is 4.79 Å². The number of fused-ring (bicyclic) bond motifs is 1. The fraction of sp³-hybridized carbons (Fsp3) is 0.222. The van der Waals surface area contributed by atoms with Crippen LogP contribution >= 0.6 is 0 Å². The Morgan fingerprint density at radius 1 is 1.67 bits per heavy atom. The third-order valence-electron chi connectivity index (χ3n) is 2.03. The summed E-state index contributed by atoms with van der Waals surface area (Å²) in [5.41, 5.74) is 1.48. The van der Waals surface area contributed by atoms with Gasteiger partial charge in [0.2, 0.25) is 0 Å². The second-order valence-electron chi connectivity index (χ2n) is 3.09. The van der Waals surface area contributed by atoms with Crippen LogP contribution in [0.3, 0.4) is 0 Å². The Kier molecular flexibility index (Phi) is 2.34. The molecule has 0 saturated heterocycles. The molecule has 0 unspecified atom stereocenters. The molecular formula is C9H10N4O2. The average Bonchev–Trinajstić information content (AvgIpc) is 2.61. The maximum Gasteiger partial charge on any atom is 0.354 e. The Hall–Kier alpha value is -1.95. The molecule has 2 rings (SSSR count). The molecule has 2 aromatic rings. The van der Waals surface area contributed by atoms with E-state index in [1.54, 1.807) is 16.9 Å². The molecule has 6 heteroatoms. The summed E-state index contributed by atoms with van der Waals surface area (Å²) < 4.78 is 1.55. The van der Waals surface area contributed by atoms with Gasteiger partial charge in [-0.2, -0.15) is 5.10 Å². The van der Waals surface area contributed by atoms with Crippen molar-refractivity contribution in [2.45, 2.75) is 6.54 Å². The fourth-order valence-electron chi connectivity index (χ4n) is 1.35. The van der Waals surface area contributed by atoms with E-state index in [1.807, 2.05) is 7.05 Å². The van der Waals surface area contributed by atoms with Gasteiger partial charge >= 0.3 is 5.97 Å². The van der Waals surface area contributed by atoms with Gasteiger partial charge in [-0.05, 0) is 13.1 Å². The zero-order valence-corrected chi connectivity index (χ0v) is 8.14. The summed E-state index contributed by atoms with van der Waals surface area (Å²) in [6.45, 7) is 0.611. The molecule has 15 heavy (non-hydrogen) atoms. The molecule has 0 aromatic carbocycles. The second-order valence-corrected chi connectivity index (χ2v) is 3.09. The SMILES string of the molecule is CNCc1cnn2ccc(C(=O)O)nc12. The summed E-state index contributed by atoms with van der Waals surface area (Å²) in [4.78, 5) is 14.7. The van der Waals surface area contributed by atoms with Crippen molar-refractivity contribution < 1.29 is 9.90 Å². The lowest BCUT2D eigenvalue weighted by Gasteiger charge is -1.98. The van der Waals surface area contributed by atoms with Gasteiger partial charge in [-0.3, -0.25) is 0 Å². The third-order valence-corrected chi connectivity index (χ3v) is 2.03. The minimum Gasteiger partial charge on any atom is -0.477 e. The Bertz CT molecular complexity index is 506. The number of nitrogens with one attached hydrogen (secondary N) is 1. The second kappa shape index (κ2) is 3.66. The third kappa shape index (κ3) is 1.66. The summed E-state index contributed by atoms with van der Waals surface area (Å²) in [7, 11) is 1.81. The van der Waals surface area contributed by atoms with E-state index in [1.165, 1.54) is 6.07 Å². The van der Waals surface area contributed by atoms with Gasteiger partial charge in [-0.1, -0.05) is 0 Å². The molecular weight excluding hydrogens is 196 g/mol. The number of aromatic nitrogens is 3. The first-order valence-electron chi connectivity index (χ1n) is 4.43. The highest BCUT2D eigenvalue weighted by Gasteiger charge is 2.09. The van der Waals surface area contributed by atoms with E-state index in [2.05, 4.69) is 15.4 Å². The number of hydrogen-bond acceptors (Lipinski definition) is 4. The number of aromatic carboxylic acids is 1. The van der Waals surface area contributed by atoms with Crippen molar-refractivity contribution in [3.8, 4) is 0 Å². The zero-order valence-electron chi connectivity index (χ0n) is 8.14. The van der Waals surface area contributed by atoms with Crippen LogP contribution in [0.4, 0.5) is 0 Å². The molecule has 0 bridgehead atoms. The van der Waals surface area contributed by atoms with Gasteiger partial charge in [0.15, 0.2) is 11.3 Å². The van der Waals surface area contributed by atoms with E-state index in [0.717, 1.165) is 5.56 Å². The molecule has 2 aromatic heterocycles. The molecule has 2 heterocycles. The fourth-order valence-corrected chi connectivity index (χ4v) is 1.35. The van der Waals surface area contributed by atoms with Crippen LogP contribution in [0, 0.1) is 0 Å². The largest absolute Gasteiger partial charge is 0.477 e. The first kappa shape index (κ1) is 9.60. The summed E-state index contributed by atoms with van der Waals surface area (Å²) in [6, 6.07) is 1.42. The van der Waals surface area contributed by atoms with Gasteiger partial charge in [0, 0.05) is 18.3 Å². The van der Waals surface area contributed by atoms with Crippen LogP contribution in [0.5, 0.6) is 0 Å². The molecule has 0 spiro atoms. The lowest BCUT2D eigenvalue weighted by Crippen LogP contribution is -2.07. The number of carboxylic acids is 1. The number of rotatable bonds is 3. The van der Waals surface area contributed by atoms with Crippen molar-refractivity contribution in [3.63, 3.8) is 0 Å².